The van der Waals surface area contributed by atoms with Crippen LogP contribution in [0, 0.1) is 0 Å². The minimum Gasteiger partial charge on any atom is -0.375 e. The highest BCUT2D eigenvalue weighted by Crippen LogP contribution is 2.39. The maximum absolute atomic E-state index is 12.2. The Bertz CT molecular complexity index is 708. The number of hydrogen-bond donors (Lipinski definition) is 2. The normalized spacial score (nSPS) is 20.2. The summed E-state index contributed by atoms with van der Waals surface area (Å²) in [6.45, 7) is 2.00. The summed E-state index contributed by atoms with van der Waals surface area (Å²) in [5.41, 5.74) is 0.324. The lowest BCUT2D eigenvalue weighted by atomic mass is 9.88. The fraction of sp³-hybridized carbons (Fsp3) is 0.250. The van der Waals surface area contributed by atoms with E-state index in [4.69, 9.17) is 0 Å². The van der Waals surface area contributed by atoms with E-state index in [-0.39, 0.29) is 12.2 Å². The van der Waals surface area contributed by atoms with Crippen molar-refractivity contribution in [2.45, 2.75) is 25.4 Å². The van der Waals surface area contributed by atoms with E-state index in [0.717, 1.165) is 12.0 Å². The number of aryl methyl sites for hydroxylation is 1. The highest BCUT2D eigenvalue weighted by atomic mass is 32.1. The zero-order valence-corrected chi connectivity index (χ0v) is 12.4. The number of nitrogens with one attached hydrogen (secondary N) is 1. The van der Waals surface area contributed by atoms with Crippen LogP contribution in [0.3, 0.4) is 0 Å². The van der Waals surface area contributed by atoms with Crippen LogP contribution in [0.15, 0.2) is 35.7 Å². The Morgan fingerprint density at radius 3 is 2.86 bits per heavy atom. The third-order valence-electron chi connectivity index (χ3n) is 3.77. The number of fused-ring (bicyclic) bond motifs is 1. The van der Waals surface area contributed by atoms with Crippen molar-refractivity contribution in [1.82, 2.24) is 0 Å². The molecule has 3 rings (SSSR count). The SMILES string of the molecule is CCc1ccc2c(c1)[C@](O)(CC(=O)c1cccs1)C(=O)N2. The number of amides is 1. The van der Waals surface area contributed by atoms with Crippen LogP contribution in [0.2, 0.25) is 0 Å². The Morgan fingerprint density at radius 1 is 1.38 bits per heavy atom. The van der Waals surface area contributed by atoms with Crippen LogP contribution in [0.5, 0.6) is 0 Å². The van der Waals surface area contributed by atoms with Crippen molar-refractivity contribution >= 4 is 28.7 Å². The molecule has 0 spiro atoms. The Morgan fingerprint density at radius 2 is 2.19 bits per heavy atom. The van der Waals surface area contributed by atoms with Crippen LogP contribution in [0.25, 0.3) is 0 Å². The van der Waals surface area contributed by atoms with Crippen LogP contribution >= 0.6 is 11.3 Å². The molecule has 1 atom stereocenters. The van der Waals surface area contributed by atoms with E-state index in [1.807, 2.05) is 13.0 Å². The summed E-state index contributed by atoms with van der Waals surface area (Å²) >= 11 is 1.31. The van der Waals surface area contributed by atoms with Gasteiger partial charge in [-0.25, -0.2) is 0 Å². The van der Waals surface area contributed by atoms with Gasteiger partial charge in [-0.3, -0.25) is 9.59 Å². The zero-order chi connectivity index (χ0) is 15.0. The fourth-order valence-corrected chi connectivity index (χ4v) is 3.21. The number of rotatable bonds is 4. The van der Waals surface area contributed by atoms with Gasteiger partial charge in [-0.15, -0.1) is 11.3 Å². The van der Waals surface area contributed by atoms with Crippen LogP contribution in [-0.2, 0) is 16.8 Å². The number of Topliss-reactive ketones (excluding diaryl/α,β-unsaturated/α-hetero) is 1. The van der Waals surface area contributed by atoms with E-state index in [9.17, 15) is 14.7 Å². The number of ketones is 1. The second-order valence-corrected chi connectivity index (χ2v) is 6.07. The molecule has 0 saturated carbocycles. The first kappa shape index (κ1) is 14.0. The van der Waals surface area contributed by atoms with Crippen molar-refractivity contribution in [3.63, 3.8) is 0 Å². The van der Waals surface area contributed by atoms with Gasteiger partial charge in [-0.1, -0.05) is 25.1 Å². The first-order valence-electron chi connectivity index (χ1n) is 6.78. The molecule has 21 heavy (non-hydrogen) atoms. The summed E-state index contributed by atoms with van der Waals surface area (Å²) < 4.78 is 0. The standard InChI is InChI=1S/C16H15NO3S/c1-2-10-5-6-12-11(8-10)16(20,15(19)17-12)9-13(18)14-4-3-7-21-14/h3-8,20H,2,9H2,1H3,(H,17,19)/t16-/m1/s1. The Labute approximate surface area is 126 Å². The van der Waals surface area contributed by atoms with Gasteiger partial charge in [-0.2, -0.15) is 0 Å². The molecule has 0 bridgehead atoms. The molecule has 0 unspecified atom stereocenters. The molecule has 0 radical (unpaired) electrons. The monoisotopic (exact) mass is 301 g/mol. The zero-order valence-electron chi connectivity index (χ0n) is 11.6. The van der Waals surface area contributed by atoms with Crippen molar-refractivity contribution in [2.75, 3.05) is 5.32 Å². The summed E-state index contributed by atoms with van der Waals surface area (Å²) in [6.07, 6.45) is 0.565. The van der Waals surface area contributed by atoms with E-state index in [0.29, 0.717) is 16.1 Å². The lowest BCUT2D eigenvalue weighted by molar-refractivity contribution is -0.133. The maximum Gasteiger partial charge on any atom is 0.261 e. The summed E-state index contributed by atoms with van der Waals surface area (Å²) in [6, 6.07) is 8.97. The van der Waals surface area contributed by atoms with Crippen LogP contribution < -0.4 is 5.32 Å². The number of aliphatic hydroxyl groups is 1. The Balaban J connectivity index is 1.97. The molecule has 108 valence electrons. The van der Waals surface area contributed by atoms with Gasteiger partial charge in [0.1, 0.15) is 0 Å². The molecular weight excluding hydrogens is 286 g/mol. The van der Waals surface area contributed by atoms with Gasteiger partial charge in [-0.05, 0) is 29.5 Å². The minimum absolute atomic E-state index is 0.225. The number of hydrogen-bond acceptors (Lipinski definition) is 4. The molecule has 5 heteroatoms. The molecule has 1 aliphatic rings. The molecule has 1 aromatic heterocycles. The van der Waals surface area contributed by atoms with E-state index in [1.165, 1.54) is 11.3 Å². The molecule has 1 aromatic carbocycles. The van der Waals surface area contributed by atoms with E-state index in [1.54, 1.807) is 29.6 Å². The fourth-order valence-electron chi connectivity index (χ4n) is 2.54. The maximum atomic E-state index is 12.2. The van der Waals surface area contributed by atoms with Gasteiger partial charge in [0.2, 0.25) is 0 Å². The molecule has 0 fully saturated rings. The molecular formula is C16H15NO3S. The first-order valence-corrected chi connectivity index (χ1v) is 7.66. The van der Waals surface area contributed by atoms with Crippen molar-refractivity contribution in [3.8, 4) is 0 Å². The van der Waals surface area contributed by atoms with Crippen LogP contribution in [0.4, 0.5) is 5.69 Å². The second kappa shape index (κ2) is 5.09. The lowest BCUT2D eigenvalue weighted by Crippen LogP contribution is -2.36. The van der Waals surface area contributed by atoms with Crippen molar-refractivity contribution in [3.05, 3.63) is 51.7 Å². The number of carbonyl (C=O) groups is 2. The summed E-state index contributed by atoms with van der Waals surface area (Å²) in [4.78, 5) is 24.9. The van der Waals surface area contributed by atoms with Crippen molar-refractivity contribution < 1.29 is 14.7 Å². The van der Waals surface area contributed by atoms with Crippen LogP contribution in [0.1, 0.15) is 34.1 Å². The lowest BCUT2D eigenvalue weighted by Gasteiger charge is -2.20. The summed E-state index contributed by atoms with van der Waals surface area (Å²) in [5.74, 6) is -0.756. The first-order chi connectivity index (χ1) is 10.0. The van der Waals surface area contributed by atoms with E-state index < -0.39 is 11.5 Å². The largest absolute Gasteiger partial charge is 0.375 e. The summed E-state index contributed by atoms with van der Waals surface area (Å²) in [5, 5.41) is 15.2. The number of anilines is 1. The molecule has 2 aromatic rings. The van der Waals surface area contributed by atoms with Gasteiger partial charge in [0, 0.05) is 11.3 Å². The van der Waals surface area contributed by atoms with Crippen molar-refractivity contribution in [2.24, 2.45) is 0 Å². The third-order valence-corrected chi connectivity index (χ3v) is 4.68. The molecule has 0 saturated heterocycles. The Hall–Kier alpha value is -1.98. The minimum atomic E-state index is -1.78. The average molecular weight is 301 g/mol. The molecule has 1 aliphatic heterocycles. The predicted molar refractivity (Wildman–Crippen MR) is 81.6 cm³/mol. The topological polar surface area (TPSA) is 66.4 Å². The van der Waals surface area contributed by atoms with Gasteiger partial charge >= 0.3 is 0 Å². The average Bonchev–Trinajstić information content (AvgIpc) is 3.08. The predicted octanol–water partition coefficient (Wildman–Crippen LogP) is 2.72. The molecule has 4 nitrogen and oxygen atoms in total. The summed E-state index contributed by atoms with van der Waals surface area (Å²) in [7, 11) is 0. The molecule has 1 amide bonds. The van der Waals surface area contributed by atoms with E-state index in [2.05, 4.69) is 5.32 Å². The van der Waals surface area contributed by atoms with Crippen LogP contribution in [-0.4, -0.2) is 16.8 Å². The second-order valence-electron chi connectivity index (χ2n) is 5.13. The van der Waals surface area contributed by atoms with Crippen molar-refractivity contribution in [1.29, 1.82) is 0 Å². The highest BCUT2D eigenvalue weighted by molar-refractivity contribution is 7.12. The molecule has 0 aliphatic carbocycles. The van der Waals surface area contributed by atoms with Gasteiger partial charge in [0.15, 0.2) is 11.4 Å². The third kappa shape index (κ3) is 2.28. The number of thiophene rings is 1. The van der Waals surface area contributed by atoms with Gasteiger partial charge < -0.3 is 10.4 Å². The van der Waals surface area contributed by atoms with Gasteiger partial charge in [0.25, 0.3) is 5.91 Å². The van der Waals surface area contributed by atoms with Gasteiger partial charge in [0.05, 0.1) is 11.3 Å². The smallest absolute Gasteiger partial charge is 0.261 e. The molecule has 2 heterocycles. The number of carbonyl (C=O) groups excluding carboxylic acids is 2. The Kier molecular flexibility index (Phi) is 3.39. The van der Waals surface area contributed by atoms with E-state index >= 15 is 0 Å². The highest BCUT2D eigenvalue weighted by Gasteiger charge is 2.46. The quantitative estimate of drug-likeness (QED) is 0.853. The number of benzene rings is 1. The molecule has 2 N–H and O–H groups in total.